The molecule has 0 bridgehead atoms. The molecule has 0 atom stereocenters. The van der Waals surface area contributed by atoms with Gasteiger partial charge in [0.05, 0.1) is 36.8 Å². The van der Waals surface area contributed by atoms with Crippen molar-refractivity contribution in [2.45, 2.75) is 18.9 Å². The highest BCUT2D eigenvalue weighted by molar-refractivity contribution is 5.94. The topological polar surface area (TPSA) is 82.9 Å². The number of ether oxygens (including phenoxy) is 1. The lowest BCUT2D eigenvalue weighted by Gasteiger charge is -2.33. The zero-order valence-corrected chi connectivity index (χ0v) is 10.7. The molecule has 0 spiro atoms. The minimum absolute atomic E-state index is 0.0337. The molecule has 1 fully saturated rings. The van der Waals surface area contributed by atoms with Crippen molar-refractivity contribution in [1.29, 1.82) is 0 Å². The minimum Gasteiger partial charge on any atom is -0.478 e. The van der Waals surface area contributed by atoms with Gasteiger partial charge in [-0.25, -0.2) is 4.79 Å². The van der Waals surface area contributed by atoms with Crippen molar-refractivity contribution in [3.63, 3.8) is 0 Å². The maximum absolute atomic E-state index is 11.2. The second-order valence-electron chi connectivity index (χ2n) is 4.48. The molecule has 1 aliphatic heterocycles. The third-order valence-electron chi connectivity index (χ3n) is 3.26. The molecule has 0 amide bonds. The van der Waals surface area contributed by atoms with Gasteiger partial charge in [0, 0.05) is 19.3 Å². The summed E-state index contributed by atoms with van der Waals surface area (Å²) in [6.07, 6.45) is 4.89. The van der Waals surface area contributed by atoms with E-state index in [1.807, 2.05) is 4.90 Å². The van der Waals surface area contributed by atoms with E-state index in [2.05, 4.69) is 4.98 Å². The summed E-state index contributed by atoms with van der Waals surface area (Å²) in [4.78, 5) is 17.2. The molecular weight excluding hydrogens is 248 g/mol. The summed E-state index contributed by atoms with van der Waals surface area (Å²) in [7, 11) is 0. The molecule has 6 heteroatoms. The molecule has 1 saturated heterocycles. The summed E-state index contributed by atoms with van der Waals surface area (Å²) < 4.78 is 5.49. The van der Waals surface area contributed by atoms with Crippen molar-refractivity contribution in [2.24, 2.45) is 0 Å². The van der Waals surface area contributed by atoms with Crippen molar-refractivity contribution in [1.82, 2.24) is 4.98 Å². The van der Waals surface area contributed by atoms with E-state index in [9.17, 15) is 4.79 Å². The molecule has 0 unspecified atom stereocenters. The maximum Gasteiger partial charge on any atom is 0.337 e. The van der Waals surface area contributed by atoms with Gasteiger partial charge in [-0.2, -0.15) is 0 Å². The molecule has 6 nitrogen and oxygen atoms in total. The fraction of sp³-hybridized carbons (Fsp3) is 0.538. The van der Waals surface area contributed by atoms with Gasteiger partial charge in [0.2, 0.25) is 0 Å². The first-order chi connectivity index (χ1) is 9.22. The van der Waals surface area contributed by atoms with E-state index in [1.165, 1.54) is 12.3 Å². The predicted octanol–water partition coefficient (Wildman–Crippen LogP) is 0.757. The number of carboxylic acids is 1. The van der Waals surface area contributed by atoms with Gasteiger partial charge >= 0.3 is 5.97 Å². The number of pyridine rings is 1. The summed E-state index contributed by atoms with van der Waals surface area (Å²) in [5, 5.41) is 17.9. The lowest BCUT2D eigenvalue weighted by atomic mass is 10.1. The van der Waals surface area contributed by atoms with Crippen LogP contribution in [0.2, 0.25) is 0 Å². The Morgan fingerprint density at radius 2 is 2.21 bits per heavy atom. The van der Waals surface area contributed by atoms with Crippen LogP contribution >= 0.6 is 0 Å². The number of aliphatic hydroxyl groups is 1. The average molecular weight is 266 g/mol. The minimum atomic E-state index is -0.934. The standard InChI is InChI=1S/C13H18N2O4/c16-7-8-19-10-2-5-15(6-3-10)12-9-14-4-1-11(12)13(17)18/h1,4,9-10,16H,2-3,5-8H2,(H,17,18). The van der Waals surface area contributed by atoms with Gasteiger partial charge in [-0.1, -0.05) is 0 Å². The third kappa shape index (κ3) is 3.42. The highest BCUT2D eigenvalue weighted by Crippen LogP contribution is 2.24. The number of nitrogens with zero attached hydrogens (tertiary/aromatic N) is 2. The Kier molecular flexibility index (Phi) is 4.70. The van der Waals surface area contributed by atoms with E-state index in [4.69, 9.17) is 14.9 Å². The number of hydrogen-bond acceptors (Lipinski definition) is 5. The van der Waals surface area contributed by atoms with Gasteiger partial charge in [0.15, 0.2) is 0 Å². The number of carbonyl (C=O) groups is 1. The molecule has 2 heterocycles. The number of anilines is 1. The zero-order chi connectivity index (χ0) is 13.7. The summed E-state index contributed by atoms with van der Waals surface area (Å²) in [5.41, 5.74) is 0.945. The van der Waals surface area contributed by atoms with E-state index < -0.39 is 5.97 Å². The van der Waals surface area contributed by atoms with Crippen LogP contribution in [-0.4, -0.2) is 53.6 Å². The first-order valence-corrected chi connectivity index (χ1v) is 6.37. The van der Waals surface area contributed by atoms with Crippen molar-refractivity contribution in [3.05, 3.63) is 24.0 Å². The highest BCUT2D eigenvalue weighted by atomic mass is 16.5. The Morgan fingerprint density at radius 3 is 2.84 bits per heavy atom. The van der Waals surface area contributed by atoms with Crippen LogP contribution in [0.5, 0.6) is 0 Å². The first kappa shape index (κ1) is 13.8. The number of rotatable bonds is 5. The number of aromatic nitrogens is 1. The number of hydrogen-bond donors (Lipinski definition) is 2. The van der Waals surface area contributed by atoms with Crippen molar-refractivity contribution < 1.29 is 19.7 Å². The second kappa shape index (κ2) is 6.49. The predicted molar refractivity (Wildman–Crippen MR) is 69.5 cm³/mol. The smallest absolute Gasteiger partial charge is 0.337 e. The molecule has 1 aromatic rings. The summed E-state index contributed by atoms with van der Waals surface area (Å²) in [6.45, 7) is 1.87. The largest absolute Gasteiger partial charge is 0.478 e. The molecule has 0 aliphatic carbocycles. The molecule has 19 heavy (non-hydrogen) atoms. The Hall–Kier alpha value is -1.66. The number of aromatic carboxylic acids is 1. The van der Waals surface area contributed by atoms with Crippen LogP contribution in [0.3, 0.4) is 0 Å². The van der Waals surface area contributed by atoms with Gasteiger partial charge in [0.25, 0.3) is 0 Å². The number of piperidine rings is 1. The molecule has 104 valence electrons. The molecule has 0 saturated carbocycles. The Labute approximate surface area is 111 Å². The van der Waals surface area contributed by atoms with Crippen LogP contribution in [-0.2, 0) is 4.74 Å². The van der Waals surface area contributed by atoms with Crippen molar-refractivity contribution in [2.75, 3.05) is 31.2 Å². The second-order valence-corrected chi connectivity index (χ2v) is 4.48. The molecule has 2 N–H and O–H groups in total. The molecule has 2 rings (SSSR count). The van der Waals surface area contributed by atoms with Gasteiger partial charge in [-0.05, 0) is 18.9 Å². The maximum atomic E-state index is 11.2. The fourth-order valence-corrected chi connectivity index (χ4v) is 2.30. The van der Waals surface area contributed by atoms with Crippen LogP contribution in [0.1, 0.15) is 23.2 Å². The SMILES string of the molecule is O=C(O)c1ccncc1N1CCC(OCCO)CC1. The Morgan fingerprint density at radius 1 is 1.47 bits per heavy atom. The van der Waals surface area contributed by atoms with E-state index in [-0.39, 0.29) is 18.3 Å². The molecule has 1 aromatic heterocycles. The normalized spacial score (nSPS) is 16.6. The van der Waals surface area contributed by atoms with Gasteiger partial charge < -0.3 is 19.8 Å². The van der Waals surface area contributed by atoms with Crippen LogP contribution in [0.15, 0.2) is 18.5 Å². The first-order valence-electron chi connectivity index (χ1n) is 6.37. The van der Waals surface area contributed by atoms with Gasteiger partial charge in [-0.15, -0.1) is 0 Å². The Bertz CT molecular complexity index is 430. The number of aliphatic hydroxyl groups excluding tert-OH is 1. The fourth-order valence-electron chi connectivity index (χ4n) is 2.30. The summed E-state index contributed by atoms with van der Waals surface area (Å²) >= 11 is 0. The van der Waals surface area contributed by atoms with Crippen molar-refractivity contribution >= 4 is 11.7 Å². The van der Waals surface area contributed by atoms with E-state index in [0.717, 1.165) is 25.9 Å². The monoisotopic (exact) mass is 266 g/mol. The zero-order valence-electron chi connectivity index (χ0n) is 10.7. The van der Waals surface area contributed by atoms with Gasteiger partial charge in [-0.3, -0.25) is 4.98 Å². The molecular formula is C13H18N2O4. The molecule has 1 aliphatic rings. The summed E-state index contributed by atoms with van der Waals surface area (Å²) in [5.74, 6) is -0.934. The highest BCUT2D eigenvalue weighted by Gasteiger charge is 2.23. The van der Waals surface area contributed by atoms with Crippen LogP contribution in [0.4, 0.5) is 5.69 Å². The van der Waals surface area contributed by atoms with Crippen LogP contribution in [0, 0.1) is 0 Å². The van der Waals surface area contributed by atoms with E-state index >= 15 is 0 Å². The van der Waals surface area contributed by atoms with E-state index in [0.29, 0.717) is 12.3 Å². The van der Waals surface area contributed by atoms with Crippen LogP contribution in [0.25, 0.3) is 0 Å². The summed E-state index contributed by atoms with van der Waals surface area (Å²) in [6, 6.07) is 1.52. The van der Waals surface area contributed by atoms with Gasteiger partial charge in [0.1, 0.15) is 0 Å². The lowest BCUT2D eigenvalue weighted by molar-refractivity contribution is 0.0159. The van der Waals surface area contributed by atoms with E-state index in [1.54, 1.807) is 6.20 Å². The third-order valence-corrected chi connectivity index (χ3v) is 3.26. The van der Waals surface area contributed by atoms with Crippen LogP contribution < -0.4 is 4.90 Å². The Balaban J connectivity index is 2.00. The molecule has 0 radical (unpaired) electrons. The lowest BCUT2D eigenvalue weighted by Crippen LogP contribution is -2.38. The average Bonchev–Trinajstić information content (AvgIpc) is 2.45. The molecule has 0 aromatic carbocycles. The van der Waals surface area contributed by atoms with Crippen molar-refractivity contribution in [3.8, 4) is 0 Å². The quantitative estimate of drug-likeness (QED) is 0.818. The number of carboxylic acid groups (broad SMARTS) is 1.